The van der Waals surface area contributed by atoms with Crippen molar-refractivity contribution in [2.45, 2.75) is 73.5 Å². The highest BCUT2D eigenvalue weighted by Gasteiger charge is 2.32. The lowest BCUT2D eigenvalue weighted by molar-refractivity contribution is -0.144. The first-order chi connectivity index (χ1) is 11.4. The van der Waals surface area contributed by atoms with Gasteiger partial charge in [0.15, 0.2) is 15.8 Å². The van der Waals surface area contributed by atoms with Crippen LogP contribution in [-0.2, 0) is 20.7 Å². The summed E-state index contributed by atoms with van der Waals surface area (Å²) in [6, 6.07) is -0.319. The number of hydrogen-bond acceptors (Lipinski definition) is 5. The SMILES string of the molecule is CC(=O)OCn1cc(C(O[SiH](C)C)C(C)(C)C)c(=O)n(C(C)C)c1=O. The van der Waals surface area contributed by atoms with Gasteiger partial charge in [-0.1, -0.05) is 20.8 Å². The Morgan fingerprint density at radius 3 is 2.20 bits per heavy atom. The number of carbonyl (C=O) groups excluding carboxylic acids is 1. The summed E-state index contributed by atoms with van der Waals surface area (Å²) in [6.45, 7) is 14.6. The predicted octanol–water partition coefficient (Wildman–Crippen LogP) is 2.20. The van der Waals surface area contributed by atoms with Gasteiger partial charge in [-0.05, 0) is 32.4 Å². The van der Waals surface area contributed by atoms with Gasteiger partial charge in [0.05, 0.1) is 11.7 Å². The number of ether oxygens (including phenoxy) is 1. The highest BCUT2D eigenvalue weighted by atomic mass is 28.3. The van der Waals surface area contributed by atoms with Crippen LogP contribution in [0.2, 0.25) is 13.1 Å². The minimum absolute atomic E-state index is 0.232. The highest BCUT2D eigenvalue weighted by Crippen LogP contribution is 2.35. The van der Waals surface area contributed by atoms with E-state index in [9.17, 15) is 14.4 Å². The molecule has 1 aromatic rings. The summed E-state index contributed by atoms with van der Waals surface area (Å²) in [5, 5.41) is 0. The monoisotopic (exact) mass is 370 g/mol. The van der Waals surface area contributed by atoms with Gasteiger partial charge in [-0.15, -0.1) is 0 Å². The van der Waals surface area contributed by atoms with Crippen LogP contribution in [0.1, 0.15) is 59.3 Å². The molecule has 0 aliphatic heterocycles. The molecule has 0 aromatic carbocycles. The third-order valence-electron chi connectivity index (χ3n) is 3.61. The molecule has 0 radical (unpaired) electrons. The number of hydrogen-bond donors (Lipinski definition) is 0. The van der Waals surface area contributed by atoms with Gasteiger partial charge in [-0.25, -0.2) is 4.79 Å². The van der Waals surface area contributed by atoms with Crippen molar-refractivity contribution in [3.05, 3.63) is 32.6 Å². The molecule has 1 rings (SSSR count). The molecule has 7 nitrogen and oxygen atoms in total. The normalized spacial score (nSPS) is 13.4. The van der Waals surface area contributed by atoms with E-state index in [-0.39, 0.29) is 23.7 Å². The Morgan fingerprint density at radius 1 is 1.24 bits per heavy atom. The molecule has 1 heterocycles. The van der Waals surface area contributed by atoms with Gasteiger partial charge in [0.1, 0.15) is 0 Å². The van der Waals surface area contributed by atoms with Gasteiger partial charge < -0.3 is 9.16 Å². The van der Waals surface area contributed by atoms with Gasteiger partial charge in [-0.2, -0.15) is 0 Å². The molecule has 1 unspecified atom stereocenters. The molecule has 0 spiro atoms. The van der Waals surface area contributed by atoms with E-state index in [2.05, 4.69) is 0 Å². The van der Waals surface area contributed by atoms with Crippen LogP contribution >= 0.6 is 0 Å². The zero-order valence-corrected chi connectivity index (χ0v) is 17.6. The first kappa shape index (κ1) is 21.4. The van der Waals surface area contributed by atoms with Crippen molar-refractivity contribution < 1.29 is 14.0 Å². The van der Waals surface area contributed by atoms with Crippen molar-refractivity contribution in [1.29, 1.82) is 0 Å². The van der Waals surface area contributed by atoms with E-state index in [1.807, 2.05) is 33.9 Å². The van der Waals surface area contributed by atoms with E-state index in [4.69, 9.17) is 9.16 Å². The summed E-state index contributed by atoms with van der Waals surface area (Å²) in [7, 11) is -1.44. The average Bonchev–Trinajstić information content (AvgIpc) is 2.42. The molecule has 0 aliphatic carbocycles. The molecule has 0 saturated carbocycles. The Hall–Kier alpha value is -1.67. The molecular weight excluding hydrogens is 340 g/mol. The van der Waals surface area contributed by atoms with E-state index in [1.165, 1.54) is 22.3 Å². The Labute approximate surface area is 150 Å². The van der Waals surface area contributed by atoms with Gasteiger partial charge in [0.2, 0.25) is 0 Å². The number of aromatic nitrogens is 2. The summed E-state index contributed by atoms with van der Waals surface area (Å²) < 4.78 is 13.5. The van der Waals surface area contributed by atoms with Crippen LogP contribution in [-0.4, -0.2) is 24.1 Å². The van der Waals surface area contributed by atoms with Crippen molar-refractivity contribution in [2.24, 2.45) is 5.41 Å². The van der Waals surface area contributed by atoms with Gasteiger partial charge in [0.25, 0.3) is 5.56 Å². The molecule has 0 amide bonds. The minimum atomic E-state index is -1.44. The zero-order valence-electron chi connectivity index (χ0n) is 16.5. The summed E-state index contributed by atoms with van der Waals surface area (Å²) in [5.41, 5.74) is -0.767. The molecule has 1 atom stereocenters. The van der Waals surface area contributed by atoms with E-state index >= 15 is 0 Å². The zero-order chi connectivity index (χ0) is 19.5. The van der Waals surface area contributed by atoms with E-state index < -0.39 is 26.8 Å². The molecule has 0 bridgehead atoms. The first-order valence-electron chi connectivity index (χ1n) is 8.51. The lowest BCUT2D eigenvalue weighted by Gasteiger charge is -2.33. The molecule has 142 valence electrons. The Bertz CT molecular complexity index is 728. The lowest BCUT2D eigenvalue weighted by atomic mass is 9.85. The Morgan fingerprint density at radius 2 is 1.80 bits per heavy atom. The van der Waals surface area contributed by atoms with E-state index in [0.29, 0.717) is 5.56 Å². The molecule has 0 fully saturated rings. The molecular formula is C17H30N2O5Si. The smallest absolute Gasteiger partial charge is 0.333 e. The molecule has 8 heteroatoms. The standard InChI is InChI=1S/C17H30N2O5Si/c1-11(2)19-15(21)13(14(17(4,5)6)24-25(7)8)9-18(16(19)22)10-23-12(3)20/h9,11,14,25H,10H2,1-8H3. The van der Waals surface area contributed by atoms with Crippen LogP contribution in [0.4, 0.5) is 0 Å². The van der Waals surface area contributed by atoms with Crippen molar-refractivity contribution in [3.8, 4) is 0 Å². The summed E-state index contributed by atoms with van der Waals surface area (Å²) >= 11 is 0. The Balaban J connectivity index is 3.64. The largest absolute Gasteiger partial charge is 0.444 e. The van der Waals surface area contributed by atoms with Crippen molar-refractivity contribution >= 4 is 15.0 Å². The van der Waals surface area contributed by atoms with Crippen LogP contribution in [0.3, 0.4) is 0 Å². The maximum atomic E-state index is 13.0. The fourth-order valence-corrected chi connectivity index (χ4v) is 3.65. The second-order valence-electron chi connectivity index (χ2n) is 7.80. The Kier molecular flexibility index (Phi) is 6.96. The highest BCUT2D eigenvalue weighted by molar-refractivity contribution is 6.48. The van der Waals surface area contributed by atoms with Crippen molar-refractivity contribution in [1.82, 2.24) is 9.13 Å². The summed E-state index contributed by atoms with van der Waals surface area (Å²) in [5.74, 6) is -0.492. The molecule has 1 aromatic heterocycles. The maximum absolute atomic E-state index is 13.0. The predicted molar refractivity (Wildman–Crippen MR) is 99.3 cm³/mol. The number of nitrogens with zero attached hydrogens (tertiary/aromatic N) is 2. The van der Waals surface area contributed by atoms with Gasteiger partial charge in [-0.3, -0.25) is 18.7 Å². The molecule has 0 aliphatic rings. The number of rotatable bonds is 6. The molecule has 25 heavy (non-hydrogen) atoms. The van der Waals surface area contributed by atoms with Crippen LogP contribution in [0, 0.1) is 5.41 Å². The van der Waals surface area contributed by atoms with E-state index in [1.54, 1.807) is 13.8 Å². The lowest BCUT2D eigenvalue weighted by Crippen LogP contribution is -2.45. The third-order valence-corrected chi connectivity index (χ3v) is 4.43. The fourth-order valence-electron chi connectivity index (χ4n) is 2.55. The topological polar surface area (TPSA) is 79.5 Å². The van der Waals surface area contributed by atoms with Gasteiger partial charge in [0, 0.05) is 19.2 Å². The average molecular weight is 371 g/mol. The first-order valence-corrected chi connectivity index (χ1v) is 11.3. The summed E-state index contributed by atoms with van der Waals surface area (Å²) in [4.78, 5) is 36.7. The molecule has 0 saturated heterocycles. The number of carbonyl (C=O) groups is 1. The van der Waals surface area contributed by atoms with Crippen LogP contribution < -0.4 is 11.2 Å². The van der Waals surface area contributed by atoms with Crippen molar-refractivity contribution in [2.75, 3.05) is 0 Å². The minimum Gasteiger partial charge on any atom is -0.444 e. The van der Waals surface area contributed by atoms with E-state index in [0.717, 1.165) is 0 Å². The van der Waals surface area contributed by atoms with Crippen LogP contribution in [0.5, 0.6) is 0 Å². The van der Waals surface area contributed by atoms with Crippen molar-refractivity contribution in [3.63, 3.8) is 0 Å². The second kappa shape index (κ2) is 8.14. The second-order valence-corrected chi connectivity index (χ2v) is 10.2. The van der Waals surface area contributed by atoms with Crippen LogP contribution in [0.25, 0.3) is 0 Å². The summed E-state index contributed by atoms with van der Waals surface area (Å²) in [6.07, 6.45) is 1.03. The van der Waals surface area contributed by atoms with Crippen LogP contribution in [0.15, 0.2) is 15.8 Å². The third kappa shape index (κ3) is 5.40. The maximum Gasteiger partial charge on any atom is 0.333 e. The molecule has 0 N–H and O–H groups in total. The fraction of sp³-hybridized carbons (Fsp3) is 0.706. The number of esters is 1. The quantitative estimate of drug-likeness (QED) is 0.566. The van der Waals surface area contributed by atoms with Gasteiger partial charge >= 0.3 is 11.7 Å².